The van der Waals surface area contributed by atoms with Crippen molar-refractivity contribution in [2.45, 2.75) is 103 Å². The van der Waals surface area contributed by atoms with Crippen LogP contribution in [0.25, 0.3) is 0 Å². The van der Waals surface area contributed by atoms with Gasteiger partial charge >= 0.3 is 0 Å². The van der Waals surface area contributed by atoms with Crippen LogP contribution in [0.4, 0.5) is 0 Å². The van der Waals surface area contributed by atoms with Crippen LogP contribution in [0.5, 0.6) is 0 Å². The molecule has 0 aromatic rings. The van der Waals surface area contributed by atoms with Gasteiger partial charge in [0.25, 0.3) is 0 Å². The molecule has 0 saturated heterocycles. The van der Waals surface area contributed by atoms with Crippen LogP contribution in [0.15, 0.2) is 0 Å². The van der Waals surface area contributed by atoms with E-state index in [0.717, 1.165) is 0 Å². The summed E-state index contributed by atoms with van der Waals surface area (Å²) in [6.07, 6.45) is 9.70. The molecule has 116 valence electrons. The summed E-state index contributed by atoms with van der Waals surface area (Å²) in [6.45, 7) is 19.0. The fourth-order valence-electron chi connectivity index (χ4n) is 2.55. The van der Waals surface area contributed by atoms with Gasteiger partial charge in [-0.25, -0.2) is 0 Å². The highest BCUT2D eigenvalue weighted by Crippen LogP contribution is 2.43. The number of hydrogen-bond donors (Lipinski definition) is 0. The zero-order valence-electron chi connectivity index (χ0n) is 14.9. The van der Waals surface area contributed by atoms with Crippen molar-refractivity contribution in [3.8, 4) is 0 Å². The highest BCUT2D eigenvalue weighted by atomic mass is 28.4. The Hall–Kier alpha value is 0.394. The molecule has 0 spiro atoms. The Balaban J connectivity index is 4.14. The molecule has 0 fully saturated rings. The Morgan fingerprint density at radius 1 is 0.789 bits per heavy atom. The molecule has 0 radical (unpaired) electrons. The molecule has 0 rings (SSSR count). The summed E-state index contributed by atoms with van der Waals surface area (Å²) in [5, 5.41) is 0.401. The second kappa shape index (κ2) is 7.99. The van der Waals surface area contributed by atoms with Crippen LogP contribution < -0.4 is 0 Å². The van der Waals surface area contributed by atoms with Crippen LogP contribution in [0.3, 0.4) is 0 Å². The van der Waals surface area contributed by atoms with Gasteiger partial charge in [-0.05, 0) is 44.2 Å². The Morgan fingerprint density at radius 2 is 1.26 bits per heavy atom. The molecule has 0 saturated carbocycles. The first-order valence-corrected chi connectivity index (χ1v) is 14.5. The Kier molecular flexibility index (Phi) is 8.15. The molecular weight excluding hydrogens is 264 g/mol. The van der Waals surface area contributed by atoms with E-state index in [9.17, 15) is 0 Å². The summed E-state index contributed by atoms with van der Waals surface area (Å²) in [4.78, 5) is 0. The number of hydrogen-bond acceptors (Lipinski definition) is 1. The Morgan fingerprint density at radius 3 is 1.74 bits per heavy atom. The quantitative estimate of drug-likeness (QED) is 0.327. The van der Waals surface area contributed by atoms with Crippen molar-refractivity contribution >= 4 is 16.6 Å². The summed E-state index contributed by atoms with van der Waals surface area (Å²) >= 11 is 0. The molecule has 1 nitrogen and oxygen atoms in total. The first kappa shape index (κ1) is 19.4. The monoisotopic (exact) mass is 302 g/mol. The predicted octanol–water partition coefficient (Wildman–Crippen LogP) is 6.57. The minimum absolute atomic E-state index is 0.401. The summed E-state index contributed by atoms with van der Waals surface area (Å²) in [5.41, 5.74) is 0. The van der Waals surface area contributed by atoms with Crippen molar-refractivity contribution in [2.75, 3.05) is 0 Å². The first-order valence-electron chi connectivity index (χ1n) is 8.22. The molecule has 0 aliphatic heterocycles. The normalized spacial score (nSPS) is 13.9. The van der Waals surface area contributed by atoms with E-state index in [4.69, 9.17) is 4.12 Å². The van der Waals surface area contributed by atoms with E-state index in [-0.39, 0.29) is 0 Å². The van der Waals surface area contributed by atoms with Crippen LogP contribution in [-0.2, 0) is 4.12 Å². The summed E-state index contributed by atoms with van der Waals surface area (Å²) < 4.78 is 6.56. The summed E-state index contributed by atoms with van der Waals surface area (Å²) in [5.74, 6) is 0. The molecule has 0 aliphatic rings. The third-order valence-electron chi connectivity index (χ3n) is 4.35. The van der Waals surface area contributed by atoms with Crippen LogP contribution in [-0.4, -0.2) is 16.6 Å². The molecule has 0 amide bonds. The van der Waals surface area contributed by atoms with Crippen molar-refractivity contribution in [1.82, 2.24) is 0 Å². The minimum Gasteiger partial charge on any atom is -0.455 e. The average molecular weight is 303 g/mol. The van der Waals surface area contributed by atoms with Crippen LogP contribution in [0.1, 0.15) is 65.7 Å². The third-order valence-corrected chi connectivity index (χ3v) is 12.3. The zero-order valence-corrected chi connectivity index (χ0v) is 16.9. The molecule has 19 heavy (non-hydrogen) atoms. The van der Waals surface area contributed by atoms with Gasteiger partial charge in [-0.15, -0.1) is 0 Å². The maximum absolute atomic E-state index is 6.56. The molecule has 0 atom stereocenters. The zero-order chi connectivity index (χ0) is 15.2. The van der Waals surface area contributed by atoms with Gasteiger partial charge < -0.3 is 4.12 Å². The van der Waals surface area contributed by atoms with E-state index in [2.05, 4.69) is 53.5 Å². The van der Waals surface area contributed by atoms with Crippen molar-refractivity contribution in [3.05, 3.63) is 0 Å². The van der Waals surface area contributed by atoms with E-state index < -0.39 is 16.6 Å². The largest absolute Gasteiger partial charge is 0.455 e. The van der Waals surface area contributed by atoms with Gasteiger partial charge in [-0.1, -0.05) is 59.3 Å². The van der Waals surface area contributed by atoms with Crippen molar-refractivity contribution in [2.24, 2.45) is 0 Å². The van der Waals surface area contributed by atoms with E-state index in [1.54, 1.807) is 0 Å². The molecule has 0 bridgehead atoms. The summed E-state index contributed by atoms with van der Waals surface area (Å²) in [7, 11) is -2.99. The van der Waals surface area contributed by atoms with Crippen LogP contribution in [0, 0.1) is 0 Å². The molecule has 0 aromatic heterocycles. The van der Waals surface area contributed by atoms with Crippen molar-refractivity contribution < 1.29 is 4.12 Å². The maximum atomic E-state index is 6.56. The number of rotatable bonds is 10. The van der Waals surface area contributed by atoms with E-state index in [0.29, 0.717) is 5.04 Å². The smallest absolute Gasteiger partial charge is 0.179 e. The lowest BCUT2D eigenvalue weighted by molar-refractivity contribution is 0.437. The lowest BCUT2D eigenvalue weighted by Crippen LogP contribution is -2.49. The standard InChI is InChI=1S/C16H38OSi2/c1-9-10-11-12-13-14-15-16(2,3)19(7,8)17-18(4,5)6/h9-15H2,1-8H3. The van der Waals surface area contributed by atoms with E-state index in [1.807, 2.05) is 0 Å². The topological polar surface area (TPSA) is 9.23 Å². The minimum atomic E-state index is -1.58. The van der Waals surface area contributed by atoms with Crippen LogP contribution in [0.2, 0.25) is 37.8 Å². The van der Waals surface area contributed by atoms with E-state index >= 15 is 0 Å². The van der Waals surface area contributed by atoms with E-state index in [1.165, 1.54) is 44.9 Å². The predicted molar refractivity (Wildman–Crippen MR) is 93.9 cm³/mol. The van der Waals surface area contributed by atoms with Gasteiger partial charge in [0, 0.05) is 0 Å². The Bertz CT molecular complexity index is 242. The summed E-state index contributed by atoms with van der Waals surface area (Å²) in [6, 6.07) is 0. The number of unbranched alkanes of at least 4 members (excludes halogenated alkanes) is 5. The average Bonchev–Trinajstić information content (AvgIpc) is 2.19. The third kappa shape index (κ3) is 8.31. The molecule has 3 heteroatoms. The molecule has 0 unspecified atom stereocenters. The van der Waals surface area contributed by atoms with Crippen molar-refractivity contribution in [3.63, 3.8) is 0 Å². The van der Waals surface area contributed by atoms with Gasteiger partial charge in [0.1, 0.15) is 0 Å². The Labute approximate surface area is 124 Å². The SMILES string of the molecule is CCCCCCCCC(C)(C)[Si](C)(C)O[Si](C)(C)C. The molecular formula is C16H38OSi2. The highest BCUT2D eigenvalue weighted by Gasteiger charge is 2.42. The van der Waals surface area contributed by atoms with Crippen LogP contribution >= 0.6 is 0 Å². The molecule has 0 aliphatic carbocycles. The lowest BCUT2D eigenvalue weighted by atomic mass is 10.0. The fraction of sp³-hybridized carbons (Fsp3) is 1.00. The van der Waals surface area contributed by atoms with Gasteiger partial charge in [0.15, 0.2) is 16.6 Å². The molecule has 0 N–H and O–H groups in total. The van der Waals surface area contributed by atoms with Gasteiger partial charge in [0.2, 0.25) is 0 Å². The first-order chi connectivity index (χ1) is 8.52. The van der Waals surface area contributed by atoms with Gasteiger partial charge in [-0.2, -0.15) is 0 Å². The van der Waals surface area contributed by atoms with Crippen molar-refractivity contribution in [1.29, 1.82) is 0 Å². The second-order valence-electron chi connectivity index (χ2n) is 8.13. The van der Waals surface area contributed by atoms with Gasteiger partial charge in [-0.3, -0.25) is 0 Å². The second-order valence-corrected chi connectivity index (χ2v) is 17.5. The maximum Gasteiger partial charge on any atom is 0.179 e. The van der Waals surface area contributed by atoms with Gasteiger partial charge in [0.05, 0.1) is 0 Å². The highest BCUT2D eigenvalue weighted by molar-refractivity contribution is 6.85. The molecule has 0 aromatic carbocycles. The molecule has 0 heterocycles. The lowest BCUT2D eigenvalue weighted by Gasteiger charge is -2.43. The fourth-order valence-corrected chi connectivity index (χ4v) is 10.6.